The highest BCUT2D eigenvalue weighted by atomic mass is 19.1. The molecule has 1 spiro atoms. The van der Waals surface area contributed by atoms with Crippen LogP contribution in [0.3, 0.4) is 0 Å². The summed E-state index contributed by atoms with van der Waals surface area (Å²) in [5.41, 5.74) is 7.76. The van der Waals surface area contributed by atoms with E-state index in [1.54, 1.807) is 6.20 Å². The molecule has 6 nitrogen and oxygen atoms in total. The highest BCUT2D eigenvalue weighted by molar-refractivity contribution is 5.75. The van der Waals surface area contributed by atoms with Gasteiger partial charge >= 0.3 is 0 Å². The zero-order valence-corrected chi connectivity index (χ0v) is 14.0. The Labute approximate surface area is 149 Å². The van der Waals surface area contributed by atoms with E-state index in [1.807, 2.05) is 18.2 Å². The fourth-order valence-electron chi connectivity index (χ4n) is 4.23. The lowest BCUT2D eigenvalue weighted by Gasteiger charge is -2.45. The molecule has 1 saturated heterocycles. The minimum Gasteiger partial charge on any atom is -0.487 e. The molecule has 0 bridgehead atoms. The third kappa shape index (κ3) is 2.27. The molecule has 1 fully saturated rings. The number of nitrogens with zero attached hydrogens (tertiary/aromatic N) is 2. The predicted octanol–water partition coefficient (Wildman–Crippen LogP) is 2.23. The molecule has 0 saturated carbocycles. The van der Waals surface area contributed by atoms with E-state index in [0.717, 1.165) is 23.3 Å². The number of hydrogen-bond acceptors (Lipinski definition) is 6. The van der Waals surface area contributed by atoms with Crippen LogP contribution < -0.4 is 10.5 Å². The molecule has 0 aliphatic carbocycles. The molecular weight excluding hydrogens is 337 g/mol. The standard InChI is InChI=1S/C19H18FN3O3/c20-13-5-12(7-22-8-13)11-1-2-16-15(6-11)19(10-25-18(21)23-19)14-3-4-24-9-17(14)26-16/h1-2,5-8,14,17H,3-4,9-10H2,(H2,21,23)/t14-,17-,19-/m0/s1. The van der Waals surface area contributed by atoms with Crippen LogP contribution in [0.5, 0.6) is 5.75 Å². The molecule has 3 atom stereocenters. The second kappa shape index (κ2) is 5.67. The number of benzene rings is 1. The minimum atomic E-state index is -0.594. The Hall–Kier alpha value is -2.67. The summed E-state index contributed by atoms with van der Waals surface area (Å²) < 4.78 is 31.0. The summed E-state index contributed by atoms with van der Waals surface area (Å²) in [7, 11) is 0. The van der Waals surface area contributed by atoms with Crippen molar-refractivity contribution < 1.29 is 18.6 Å². The van der Waals surface area contributed by atoms with Crippen LogP contribution in [0, 0.1) is 11.7 Å². The average molecular weight is 355 g/mol. The van der Waals surface area contributed by atoms with Gasteiger partial charge in [0.05, 0.1) is 12.8 Å². The fraction of sp³-hybridized carbons (Fsp3) is 0.368. The largest absolute Gasteiger partial charge is 0.487 e. The first-order chi connectivity index (χ1) is 12.7. The van der Waals surface area contributed by atoms with E-state index >= 15 is 0 Å². The number of pyridine rings is 1. The molecule has 134 valence electrons. The van der Waals surface area contributed by atoms with Crippen molar-refractivity contribution in [2.75, 3.05) is 19.8 Å². The molecule has 2 N–H and O–H groups in total. The Kier molecular flexibility index (Phi) is 3.40. The Morgan fingerprint density at radius 1 is 1.19 bits per heavy atom. The van der Waals surface area contributed by atoms with Crippen molar-refractivity contribution >= 4 is 6.02 Å². The van der Waals surface area contributed by atoms with Crippen LogP contribution in [-0.4, -0.2) is 36.9 Å². The van der Waals surface area contributed by atoms with Crippen molar-refractivity contribution in [3.8, 4) is 16.9 Å². The molecule has 1 aromatic carbocycles. The number of ether oxygens (including phenoxy) is 3. The summed E-state index contributed by atoms with van der Waals surface area (Å²) in [4.78, 5) is 8.65. The Morgan fingerprint density at radius 3 is 2.92 bits per heavy atom. The fourth-order valence-corrected chi connectivity index (χ4v) is 4.23. The molecule has 4 heterocycles. The Bertz CT molecular complexity index is 903. The summed E-state index contributed by atoms with van der Waals surface area (Å²) in [6.45, 7) is 1.56. The van der Waals surface area contributed by atoms with Crippen LogP contribution in [0.15, 0.2) is 41.7 Å². The van der Waals surface area contributed by atoms with E-state index in [9.17, 15) is 4.39 Å². The maximum Gasteiger partial charge on any atom is 0.283 e. The van der Waals surface area contributed by atoms with Gasteiger partial charge in [-0.05, 0) is 30.2 Å². The van der Waals surface area contributed by atoms with Crippen molar-refractivity contribution in [1.29, 1.82) is 0 Å². The molecule has 3 aliphatic rings. The van der Waals surface area contributed by atoms with E-state index < -0.39 is 5.54 Å². The third-order valence-corrected chi connectivity index (χ3v) is 5.43. The summed E-state index contributed by atoms with van der Waals surface area (Å²) in [5.74, 6) is 0.486. The van der Waals surface area contributed by atoms with E-state index in [0.29, 0.717) is 25.4 Å². The zero-order valence-electron chi connectivity index (χ0n) is 14.0. The van der Waals surface area contributed by atoms with E-state index in [1.165, 1.54) is 12.3 Å². The number of rotatable bonds is 1. The van der Waals surface area contributed by atoms with Crippen LogP contribution in [0.4, 0.5) is 4.39 Å². The lowest BCUT2D eigenvalue weighted by Crippen LogP contribution is -2.52. The molecular formula is C19H18FN3O3. The van der Waals surface area contributed by atoms with Gasteiger partial charge in [-0.3, -0.25) is 4.98 Å². The van der Waals surface area contributed by atoms with Crippen LogP contribution in [0.2, 0.25) is 0 Å². The van der Waals surface area contributed by atoms with Gasteiger partial charge in [0.25, 0.3) is 6.02 Å². The first-order valence-electron chi connectivity index (χ1n) is 8.64. The molecule has 7 heteroatoms. The highest BCUT2D eigenvalue weighted by Crippen LogP contribution is 2.51. The molecule has 3 aliphatic heterocycles. The van der Waals surface area contributed by atoms with Crippen molar-refractivity contribution in [1.82, 2.24) is 4.98 Å². The summed E-state index contributed by atoms with van der Waals surface area (Å²) >= 11 is 0. The number of halogens is 1. The number of nitrogens with two attached hydrogens (primary N) is 1. The van der Waals surface area contributed by atoms with Crippen LogP contribution in [0.1, 0.15) is 12.0 Å². The molecule has 0 amide bonds. The van der Waals surface area contributed by atoms with Crippen LogP contribution in [0.25, 0.3) is 11.1 Å². The maximum absolute atomic E-state index is 13.6. The van der Waals surface area contributed by atoms with Crippen LogP contribution >= 0.6 is 0 Å². The normalized spacial score (nSPS) is 29.3. The van der Waals surface area contributed by atoms with Gasteiger partial charge < -0.3 is 19.9 Å². The van der Waals surface area contributed by atoms with Gasteiger partial charge in [0.2, 0.25) is 0 Å². The monoisotopic (exact) mass is 355 g/mol. The molecule has 5 rings (SSSR count). The number of aromatic nitrogens is 1. The molecule has 2 aromatic rings. The SMILES string of the molecule is NC1=N[C@]2(CO1)c1cc(-c3cncc(F)c3)ccc1O[C@H]1COCC[C@@H]12. The summed E-state index contributed by atoms with van der Waals surface area (Å²) in [5, 5.41) is 0. The Morgan fingerprint density at radius 2 is 2.12 bits per heavy atom. The van der Waals surface area contributed by atoms with Gasteiger partial charge in [-0.2, -0.15) is 0 Å². The van der Waals surface area contributed by atoms with Gasteiger partial charge in [0, 0.05) is 29.8 Å². The van der Waals surface area contributed by atoms with Gasteiger partial charge in [-0.25, -0.2) is 9.38 Å². The quantitative estimate of drug-likeness (QED) is 0.849. The number of amidine groups is 1. The topological polar surface area (TPSA) is 79.0 Å². The zero-order chi connectivity index (χ0) is 17.7. The Balaban J connectivity index is 1.67. The number of fused-ring (bicyclic) bond motifs is 4. The van der Waals surface area contributed by atoms with Crippen molar-refractivity contribution in [2.24, 2.45) is 16.6 Å². The lowest BCUT2D eigenvalue weighted by molar-refractivity contribution is -0.0732. The van der Waals surface area contributed by atoms with Gasteiger partial charge in [-0.15, -0.1) is 0 Å². The number of hydrogen-bond donors (Lipinski definition) is 1. The smallest absolute Gasteiger partial charge is 0.283 e. The predicted molar refractivity (Wildman–Crippen MR) is 92.2 cm³/mol. The second-order valence-electron chi connectivity index (χ2n) is 6.89. The van der Waals surface area contributed by atoms with E-state index in [4.69, 9.17) is 24.9 Å². The van der Waals surface area contributed by atoms with Crippen molar-refractivity contribution in [3.63, 3.8) is 0 Å². The molecule has 26 heavy (non-hydrogen) atoms. The molecule has 0 radical (unpaired) electrons. The van der Waals surface area contributed by atoms with E-state index in [-0.39, 0.29) is 23.9 Å². The van der Waals surface area contributed by atoms with Gasteiger partial charge in [0.1, 0.15) is 29.8 Å². The molecule has 0 unspecified atom stereocenters. The van der Waals surface area contributed by atoms with Crippen molar-refractivity contribution in [3.05, 3.63) is 48.0 Å². The second-order valence-corrected chi connectivity index (χ2v) is 6.89. The number of aliphatic imine (C=N–C) groups is 1. The first kappa shape index (κ1) is 15.6. The average Bonchev–Trinajstić information content (AvgIpc) is 3.04. The first-order valence-corrected chi connectivity index (χ1v) is 8.64. The van der Waals surface area contributed by atoms with Gasteiger partial charge in [-0.1, -0.05) is 6.07 Å². The van der Waals surface area contributed by atoms with E-state index in [2.05, 4.69) is 4.98 Å². The third-order valence-electron chi connectivity index (χ3n) is 5.43. The highest BCUT2D eigenvalue weighted by Gasteiger charge is 2.54. The van der Waals surface area contributed by atoms with Crippen molar-refractivity contribution in [2.45, 2.75) is 18.1 Å². The molecule has 1 aromatic heterocycles. The lowest BCUT2D eigenvalue weighted by atomic mass is 9.71. The van der Waals surface area contributed by atoms with Gasteiger partial charge in [0.15, 0.2) is 0 Å². The maximum atomic E-state index is 13.6. The summed E-state index contributed by atoms with van der Waals surface area (Å²) in [6.07, 6.45) is 3.56. The summed E-state index contributed by atoms with van der Waals surface area (Å²) in [6, 6.07) is 7.44. The van der Waals surface area contributed by atoms with Crippen LogP contribution in [-0.2, 0) is 15.0 Å². The minimum absolute atomic E-state index is 0.0869.